The van der Waals surface area contributed by atoms with Crippen molar-refractivity contribution in [2.75, 3.05) is 50.1 Å². The molecule has 0 N–H and O–H groups in total. The first-order chi connectivity index (χ1) is 11.9. The van der Waals surface area contributed by atoms with E-state index in [1.807, 2.05) is 61.2 Å². The second kappa shape index (κ2) is 7.39. The third-order valence-corrected chi connectivity index (χ3v) is 4.76. The predicted octanol–water partition coefficient (Wildman–Crippen LogP) is 2.58. The summed E-state index contributed by atoms with van der Waals surface area (Å²) in [5.74, 6) is 1.71. The first-order valence-corrected chi connectivity index (χ1v) is 9.06. The Morgan fingerprint density at radius 1 is 1.08 bits per heavy atom. The summed E-state index contributed by atoms with van der Waals surface area (Å²) in [6, 6.07) is 9.47. The fourth-order valence-electron chi connectivity index (χ4n) is 2.79. The van der Waals surface area contributed by atoms with Gasteiger partial charge in [-0.3, -0.25) is 4.79 Å². The van der Waals surface area contributed by atoms with Gasteiger partial charge in [-0.15, -0.1) is 0 Å². The SMILES string of the molecule is Cc1cc(N(C)C)nc(N2CCN(C(=O)c3ccc(Br)cc3)CC2)n1. The van der Waals surface area contributed by atoms with Gasteiger partial charge >= 0.3 is 0 Å². The third kappa shape index (κ3) is 4.10. The summed E-state index contributed by atoms with van der Waals surface area (Å²) in [7, 11) is 3.95. The predicted molar refractivity (Wildman–Crippen MR) is 103 cm³/mol. The highest BCUT2D eigenvalue weighted by Crippen LogP contribution is 2.18. The number of benzene rings is 1. The number of carbonyl (C=O) groups excluding carboxylic acids is 1. The number of hydrogen-bond donors (Lipinski definition) is 0. The molecule has 0 aliphatic carbocycles. The van der Waals surface area contributed by atoms with Gasteiger partial charge in [0.05, 0.1) is 0 Å². The molecule has 1 fully saturated rings. The van der Waals surface area contributed by atoms with Crippen molar-refractivity contribution < 1.29 is 4.79 Å². The number of nitrogens with zero attached hydrogens (tertiary/aromatic N) is 5. The molecule has 1 aromatic heterocycles. The van der Waals surface area contributed by atoms with Gasteiger partial charge in [0.25, 0.3) is 5.91 Å². The van der Waals surface area contributed by atoms with Crippen molar-refractivity contribution in [2.24, 2.45) is 0 Å². The molecule has 25 heavy (non-hydrogen) atoms. The summed E-state index contributed by atoms with van der Waals surface area (Å²) in [5, 5.41) is 0. The van der Waals surface area contributed by atoms with Gasteiger partial charge in [0.15, 0.2) is 0 Å². The molecule has 0 atom stereocenters. The Balaban J connectivity index is 1.67. The molecule has 0 bridgehead atoms. The van der Waals surface area contributed by atoms with Crippen LogP contribution in [-0.4, -0.2) is 61.0 Å². The third-order valence-electron chi connectivity index (χ3n) is 4.23. The van der Waals surface area contributed by atoms with Crippen LogP contribution in [0, 0.1) is 6.92 Å². The molecule has 3 rings (SSSR count). The molecule has 1 saturated heterocycles. The van der Waals surface area contributed by atoms with Gasteiger partial charge in [0.1, 0.15) is 5.82 Å². The zero-order valence-corrected chi connectivity index (χ0v) is 16.3. The summed E-state index contributed by atoms with van der Waals surface area (Å²) in [4.78, 5) is 27.8. The minimum Gasteiger partial charge on any atom is -0.363 e. The number of halogens is 1. The highest BCUT2D eigenvalue weighted by molar-refractivity contribution is 9.10. The van der Waals surface area contributed by atoms with E-state index in [4.69, 9.17) is 0 Å². The topological polar surface area (TPSA) is 52.6 Å². The molecule has 132 valence electrons. The quantitative estimate of drug-likeness (QED) is 0.787. The molecule has 1 aliphatic heterocycles. The molecule has 0 radical (unpaired) electrons. The Labute approximate surface area is 156 Å². The van der Waals surface area contributed by atoms with Crippen LogP contribution in [0.4, 0.5) is 11.8 Å². The molecule has 6 nitrogen and oxygen atoms in total. The van der Waals surface area contributed by atoms with Gasteiger partial charge in [-0.1, -0.05) is 15.9 Å². The van der Waals surface area contributed by atoms with Crippen LogP contribution >= 0.6 is 15.9 Å². The van der Waals surface area contributed by atoms with Crippen molar-refractivity contribution in [2.45, 2.75) is 6.92 Å². The molecule has 0 unspecified atom stereocenters. The lowest BCUT2D eigenvalue weighted by molar-refractivity contribution is 0.0746. The van der Waals surface area contributed by atoms with Crippen molar-refractivity contribution in [1.82, 2.24) is 14.9 Å². The fraction of sp³-hybridized carbons (Fsp3) is 0.389. The lowest BCUT2D eigenvalue weighted by Crippen LogP contribution is -2.49. The lowest BCUT2D eigenvalue weighted by Gasteiger charge is -2.35. The maximum atomic E-state index is 12.6. The second-order valence-corrected chi connectivity index (χ2v) is 7.26. The van der Waals surface area contributed by atoms with E-state index in [2.05, 4.69) is 30.8 Å². The number of aromatic nitrogens is 2. The second-order valence-electron chi connectivity index (χ2n) is 6.35. The maximum absolute atomic E-state index is 12.6. The molecule has 2 aromatic rings. The molecule has 1 aliphatic rings. The monoisotopic (exact) mass is 403 g/mol. The highest BCUT2D eigenvalue weighted by Gasteiger charge is 2.24. The van der Waals surface area contributed by atoms with E-state index in [9.17, 15) is 4.79 Å². The van der Waals surface area contributed by atoms with Crippen LogP contribution < -0.4 is 9.80 Å². The molecule has 2 heterocycles. The summed E-state index contributed by atoms with van der Waals surface area (Å²) in [6.07, 6.45) is 0. The van der Waals surface area contributed by atoms with Gasteiger partial charge in [-0.25, -0.2) is 4.98 Å². The van der Waals surface area contributed by atoms with Gasteiger partial charge in [0.2, 0.25) is 5.95 Å². The Bertz CT molecular complexity index is 755. The van der Waals surface area contributed by atoms with Crippen LogP contribution in [0.5, 0.6) is 0 Å². The Morgan fingerprint density at radius 2 is 1.72 bits per heavy atom. The van der Waals surface area contributed by atoms with Crippen molar-refractivity contribution >= 4 is 33.6 Å². The molecule has 0 spiro atoms. The first kappa shape index (κ1) is 17.7. The van der Waals surface area contributed by atoms with E-state index in [0.29, 0.717) is 13.1 Å². The molecular weight excluding hydrogens is 382 g/mol. The molecular formula is C18H22BrN5O. The number of rotatable bonds is 3. The van der Waals surface area contributed by atoms with Crippen LogP contribution in [0.2, 0.25) is 0 Å². The Hall–Kier alpha value is -2.15. The Kier molecular flexibility index (Phi) is 5.22. The summed E-state index contributed by atoms with van der Waals surface area (Å²) in [6.45, 7) is 4.79. The summed E-state index contributed by atoms with van der Waals surface area (Å²) >= 11 is 3.40. The maximum Gasteiger partial charge on any atom is 0.253 e. The average molecular weight is 404 g/mol. The van der Waals surface area contributed by atoms with Gasteiger partial charge < -0.3 is 14.7 Å². The zero-order valence-electron chi connectivity index (χ0n) is 14.7. The zero-order chi connectivity index (χ0) is 18.0. The summed E-state index contributed by atoms with van der Waals surface area (Å²) in [5.41, 5.74) is 1.67. The van der Waals surface area contributed by atoms with Crippen LogP contribution in [0.25, 0.3) is 0 Å². The van der Waals surface area contributed by atoms with E-state index < -0.39 is 0 Å². The standard InChI is InChI=1S/C18H22BrN5O/c1-13-12-16(22(2)3)21-18(20-13)24-10-8-23(9-11-24)17(25)14-4-6-15(19)7-5-14/h4-7,12H,8-11H2,1-3H3. The van der Waals surface area contributed by atoms with Crippen LogP contribution in [0.15, 0.2) is 34.8 Å². The van der Waals surface area contributed by atoms with Gasteiger partial charge in [-0.05, 0) is 31.2 Å². The Morgan fingerprint density at radius 3 is 2.32 bits per heavy atom. The molecule has 1 aromatic carbocycles. The normalized spacial score (nSPS) is 14.6. The van der Waals surface area contributed by atoms with Crippen molar-refractivity contribution in [1.29, 1.82) is 0 Å². The minimum atomic E-state index is 0.0753. The van der Waals surface area contributed by atoms with E-state index in [0.717, 1.165) is 40.6 Å². The number of amides is 1. The van der Waals surface area contributed by atoms with Crippen LogP contribution in [0.3, 0.4) is 0 Å². The van der Waals surface area contributed by atoms with E-state index >= 15 is 0 Å². The van der Waals surface area contributed by atoms with Crippen LogP contribution in [0.1, 0.15) is 16.1 Å². The smallest absolute Gasteiger partial charge is 0.253 e. The van der Waals surface area contributed by atoms with E-state index in [1.54, 1.807) is 0 Å². The van der Waals surface area contributed by atoms with Crippen molar-refractivity contribution in [3.05, 3.63) is 46.1 Å². The number of aryl methyl sites for hydroxylation is 1. The van der Waals surface area contributed by atoms with Gasteiger partial charge in [0, 0.05) is 62.1 Å². The number of carbonyl (C=O) groups is 1. The molecule has 7 heteroatoms. The number of piperazine rings is 1. The number of hydrogen-bond acceptors (Lipinski definition) is 5. The van der Waals surface area contributed by atoms with Crippen molar-refractivity contribution in [3.63, 3.8) is 0 Å². The van der Waals surface area contributed by atoms with Crippen molar-refractivity contribution in [3.8, 4) is 0 Å². The molecule has 1 amide bonds. The fourth-order valence-corrected chi connectivity index (χ4v) is 3.06. The molecule has 0 saturated carbocycles. The van der Waals surface area contributed by atoms with E-state index in [1.165, 1.54) is 0 Å². The average Bonchev–Trinajstić information content (AvgIpc) is 2.61. The largest absolute Gasteiger partial charge is 0.363 e. The van der Waals surface area contributed by atoms with E-state index in [-0.39, 0.29) is 5.91 Å². The highest BCUT2D eigenvalue weighted by atomic mass is 79.9. The lowest BCUT2D eigenvalue weighted by atomic mass is 10.2. The first-order valence-electron chi connectivity index (χ1n) is 8.27. The summed E-state index contributed by atoms with van der Waals surface area (Å²) < 4.78 is 0.974. The minimum absolute atomic E-state index is 0.0753. The number of anilines is 2. The van der Waals surface area contributed by atoms with Gasteiger partial charge in [-0.2, -0.15) is 4.98 Å². The van der Waals surface area contributed by atoms with Crippen LogP contribution in [-0.2, 0) is 0 Å².